The molecule has 1 rings (SSSR count). The van der Waals surface area contributed by atoms with Gasteiger partial charge >= 0.3 is 0 Å². The topological polar surface area (TPSA) is 30.5 Å². The van der Waals surface area contributed by atoms with E-state index in [1.54, 1.807) is 0 Å². The molecule has 0 aliphatic rings. The van der Waals surface area contributed by atoms with E-state index in [1.807, 2.05) is 31.2 Å². The van der Waals surface area contributed by atoms with E-state index in [-0.39, 0.29) is 0 Å². The minimum Gasteiger partial charge on any atom is -0.490 e. The van der Waals surface area contributed by atoms with Crippen LogP contribution in [0, 0.1) is 0 Å². The number of hydrogen-bond acceptors (Lipinski definition) is 3. The van der Waals surface area contributed by atoms with E-state index in [4.69, 9.17) is 9.47 Å². The molecule has 0 heterocycles. The Morgan fingerprint density at radius 3 is 2.44 bits per heavy atom. The fourth-order valence-corrected chi connectivity index (χ4v) is 1.65. The highest BCUT2D eigenvalue weighted by Gasteiger charge is 2.02. The molecular weight excluding hydrogens is 317 g/mol. The van der Waals surface area contributed by atoms with E-state index in [0.29, 0.717) is 13.2 Å². The molecule has 16 heavy (non-hydrogen) atoms. The highest BCUT2D eigenvalue weighted by atomic mass is 127. The molecule has 0 fully saturated rings. The quantitative estimate of drug-likeness (QED) is 0.450. The van der Waals surface area contributed by atoms with Gasteiger partial charge in [-0.15, -0.1) is 0 Å². The third-order valence-electron chi connectivity index (χ3n) is 1.96. The largest absolute Gasteiger partial charge is 0.490 e. The van der Waals surface area contributed by atoms with Crippen molar-refractivity contribution in [1.29, 1.82) is 0 Å². The monoisotopic (exact) mass is 335 g/mol. The number of halogens is 1. The predicted molar refractivity (Wildman–Crippen MR) is 74.9 cm³/mol. The molecule has 1 N–H and O–H groups in total. The lowest BCUT2D eigenvalue weighted by molar-refractivity contribution is 0.276. The molecule has 0 unspecified atom stereocenters. The minimum absolute atomic E-state index is 0.660. The van der Waals surface area contributed by atoms with E-state index in [2.05, 4.69) is 27.9 Å². The fraction of sp³-hybridized carbons (Fsp3) is 0.500. The molecule has 0 bridgehead atoms. The first-order valence-electron chi connectivity index (χ1n) is 5.49. The van der Waals surface area contributed by atoms with Crippen molar-refractivity contribution in [3.05, 3.63) is 24.3 Å². The van der Waals surface area contributed by atoms with Crippen LogP contribution in [0.4, 0.5) is 0 Å². The second kappa shape index (κ2) is 8.64. The summed E-state index contributed by atoms with van der Waals surface area (Å²) in [4.78, 5) is 0. The maximum absolute atomic E-state index is 5.65. The lowest BCUT2D eigenvalue weighted by Gasteiger charge is -2.11. The zero-order chi connectivity index (χ0) is 11.6. The van der Waals surface area contributed by atoms with Crippen molar-refractivity contribution in [2.24, 2.45) is 0 Å². The van der Waals surface area contributed by atoms with Crippen molar-refractivity contribution in [3.8, 4) is 11.5 Å². The number of benzene rings is 1. The van der Waals surface area contributed by atoms with Gasteiger partial charge < -0.3 is 14.8 Å². The van der Waals surface area contributed by atoms with Crippen molar-refractivity contribution >= 4 is 22.6 Å². The Morgan fingerprint density at radius 2 is 1.81 bits per heavy atom. The van der Waals surface area contributed by atoms with Crippen molar-refractivity contribution in [3.63, 3.8) is 0 Å². The second-order valence-electron chi connectivity index (χ2n) is 3.17. The van der Waals surface area contributed by atoms with Gasteiger partial charge in [-0.05, 0) is 19.1 Å². The molecule has 3 nitrogen and oxygen atoms in total. The van der Waals surface area contributed by atoms with E-state index in [1.165, 1.54) is 0 Å². The highest BCUT2D eigenvalue weighted by Crippen LogP contribution is 2.25. The van der Waals surface area contributed by atoms with Gasteiger partial charge in [0.15, 0.2) is 11.5 Å². The smallest absolute Gasteiger partial charge is 0.161 e. The average Bonchev–Trinajstić information content (AvgIpc) is 2.31. The van der Waals surface area contributed by atoms with E-state index >= 15 is 0 Å². The molecule has 90 valence electrons. The number of nitrogens with one attached hydrogen (secondary N) is 1. The first-order chi connectivity index (χ1) is 7.88. The molecule has 0 saturated heterocycles. The van der Waals surface area contributed by atoms with Crippen LogP contribution in [-0.4, -0.2) is 30.7 Å². The zero-order valence-corrected chi connectivity index (χ0v) is 11.7. The Kier molecular flexibility index (Phi) is 7.33. The summed E-state index contributed by atoms with van der Waals surface area (Å²) in [6, 6.07) is 7.77. The van der Waals surface area contributed by atoms with Crippen LogP contribution in [0.15, 0.2) is 24.3 Å². The van der Waals surface area contributed by atoms with Crippen LogP contribution in [-0.2, 0) is 0 Å². The standard InChI is InChI=1S/C12H18INO2/c1-2-15-11-5-3-4-6-12(11)16-10-9-14-8-7-13/h3-6,14H,2,7-10H2,1H3. The van der Waals surface area contributed by atoms with Crippen LogP contribution >= 0.6 is 22.6 Å². The van der Waals surface area contributed by atoms with Crippen LogP contribution in [0.5, 0.6) is 11.5 Å². The summed E-state index contributed by atoms with van der Waals surface area (Å²) in [5, 5.41) is 3.28. The van der Waals surface area contributed by atoms with Crippen LogP contribution in [0.1, 0.15) is 6.92 Å². The van der Waals surface area contributed by atoms with Crippen molar-refractivity contribution in [1.82, 2.24) is 5.32 Å². The first kappa shape index (κ1) is 13.6. The molecule has 0 aliphatic carbocycles. The Morgan fingerprint density at radius 1 is 1.12 bits per heavy atom. The Balaban J connectivity index is 2.34. The summed E-state index contributed by atoms with van der Waals surface area (Å²) >= 11 is 2.34. The molecule has 1 aromatic carbocycles. The summed E-state index contributed by atoms with van der Waals surface area (Å²) in [7, 11) is 0. The molecule has 0 radical (unpaired) electrons. The normalized spacial score (nSPS) is 10.1. The van der Waals surface area contributed by atoms with Gasteiger partial charge in [-0.25, -0.2) is 0 Å². The Labute approximate surface area is 111 Å². The fourth-order valence-electron chi connectivity index (χ4n) is 1.27. The van der Waals surface area contributed by atoms with Crippen molar-refractivity contribution in [2.75, 3.05) is 30.7 Å². The van der Waals surface area contributed by atoms with Crippen LogP contribution in [0.25, 0.3) is 0 Å². The van der Waals surface area contributed by atoms with Crippen molar-refractivity contribution in [2.45, 2.75) is 6.92 Å². The molecule has 1 aromatic rings. The van der Waals surface area contributed by atoms with Gasteiger partial charge in [0, 0.05) is 17.5 Å². The minimum atomic E-state index is 0.660. The van der Waals surface area contributed by atoms with E-state index in [9.17, 15) is 0 Å². The maximum Gasteiger partial charge on any atom is 0.161 e. The number of rotatable bonds is 8. The van der Waals surface area contributed by atoms with Gasteiger partial charge in [-0.2, -0.15) is 0 Å². The first-order valence-corrected chi connectivity index (χ1v) is 7.02. The summed E-state index contributed by atoms with van der Waals surface area (Å²) in [5.74, 6) is 1.64. The molecule has 0 spiro atoms. The average molecular weight is 335 g/mol. The maximum atomic E-state index is 5.65. The number of hydrogen-bond donors (Lipinski definition) is 1. The number of alkyl halides is 1. The summed E-state index contributed by atoms with van der Waals surface area (Å²) in [6.07, 6.45) is 0. The summed E-state index contributed by atoms with van der Waals surface area (Å²) in [6.45, 7) is 5.19. The Hall–Kier alpha value is -0.490. The molecule has 0 aliphatic heterocycles. The van der Waals surface area contributed by atoms with Gasteiger partial charge in [-0.3, -0.25) is 0 Å². The van der Waals surface area contributed by atoms with Gasteiger partial charge in [0.05, 0.1) is 6.61 Å². The number of ether oxygens (including phenoxy) is 2. The lowest BCUT2D eigenvalue weighted by Crippen LogP contribution is -2.22. The third kappa shape index (κ3) is 5.03. The van der Waals surface area contributed by atoms with Gasteiger partial charge in [0.2, 0.25) is 0 Å². The molecule has 4 heteroatoms. The summed E-state index contributed by atoms with van der Waals surface area (Å²) in [5.41, 5.74) is 0. The van der Waals surface area contributed by atoms with E-state index < -0.39 is 0 Å². The third-order valence-corrected chi connectivity index (χ3v) is 2.50. The lowest BCUT2D eigenvalue weighted by atomic mass is 10.3. The molecule has 0 amide bonds. The second-order valence-corrected chi connectivity index (χ2v) is 4.25. The van der Waals surface area contributed by atoms with Gasteiger partial charge in [-0.1, -0.05) is 34.7 Å². The molecule has 0 atom stereocenters. The van der Waals surface area contributed by atoms with Crippen molar-refractivity contribution < 1.29 is 9.47 Å². The zero-order valence-electron chi connectivity index (χ0n) is 9.54. The van der Waals surface area contributed by atoms with Crippen LogP contribution < -0.4 is 14.8 Å². The SMILES string of the molecule is CCOc1ccccc1OCCNCCI. The number of para-hydroxylation sites is 2. The Bertz CT molecular complexity index is 294. The van der Waals surface area contributed by atoms with Gasteiger partial charge in [0.25, 0.3) is 0 Å². The predicted octanol–water partition coefficient (Wildman–Crippen LogP) is 2.49. The van der Waals surface area contributed by atoms with Crippen LogP contribution in [0.3, 0.4) is 0 Å². The highest BCUT2D eigenvalue weighted by molar-refractivity contribution is 14.1. The van der Waals surface area contributed by atoms with Gasteiger partial charge in [0.1, 0.15) is 6.61 Å². The van der Waals surface area contributed by atoms with E-state index in [0.717, 1.165) is 29.0 Å². The molecule has 0 aromatic heterocycles. The van der Waals surface area contributed by atoms with Crippen LogP contribution in [0.2, 0.25) is 0 Å². The molecule has 0 saturated carbocycles. The summed E-state index contributed by atoms with van der Waals surface area (Å²) < 4.78 is 12.2. The molecular formula is C12H18INO2.